The van der Waals surface area contributed by atoms with E-state index in [1.807, 2.05) is 6.92 Å². The molecule has 1 N–H and O–H groups in total. The Morgan fingerprint density at radius 2 is 2.17 bits per heavy atom. The molecule has 0 aliphatic heterocycles. The third kappa shape index (κ3) is 3.99. The van der Waals surface area contributed by atoms with Gasteiger partial charge in [0.25, 0.3) is 0 Å². The lowest BCUT2D eigenvalue weighted by Gasteiger charge is -2.23. The monoisotopic (exact) mass is 289 g/mol. The van der Waals surface area contributed by atoms with Crippen molar-refractivity contribution in [2.24, 2.45) is 0 Å². The molecule has 0 aliphatic carbocycles. The molecule has 0 aliphatic rings. The van der Waals surface area contributed by atoms with Gasteiger partial charge >= 0.3 is 5.97 Å². The molecule has 0 saturated heterocycles. The number of carboxylic acids is 1. The van der Waals surface area contributed by atoms with Gasteiger partial charge in [-0.25, -0.2) is 0 Å². The molecule has 18 heavy (non-hydrogen) atoms. The van der Waals surface area contributed by atoms with E-state index in [0.717, 1.165) is 11.3 Å². The normalized spacial score (nSPS) is 12.2. The number of amides is 1. The summed E-state index contributed by atoms with van der Waals surface area (Å²) in [5, 5.41) is 8.80. The lowest BCUT2D eigenvalue weighted by Crippen LogP contribution is -2.38. The standard InChI is InChI=1S/C12H16ClNO3S/c1-3-6-14(7-11(15)16)12(17)8(2)9-4-5-10(13)18-9/h4-5,8H,3,6-7H2,1-2H3,(H,15,16). The summed E-state index contributed by atoms with van der Waals surface area (Å²) in [7, 11) is 0. The molecule has 1 aromatic heterocycles. The van der Waals surface area contributed by atoms with Crippen molar-refractivity contribution in [3.8, 4) is 0 Å². The highest BCUT2D eigenvalue weighted by Gasteiger charge is 2.24. The van der Waals surface area contributed by atoms with Gasteiger partial charge in [-0.1, -0.05) is 18.5 Å². The summed E-state index contributed by atoms with van der Waals surface area (Å²) in [6.07, 6.45) is 0.733. The van der Waals surface area contributed by atoms with Crippen LogP contribution in [0.2, 0.25) is 4.34 Å². The van der Waals surface area contributed by atoms with Gasteiger partial charge in [-0.3, -0.25) is 9.59 Å². The van der Waals surface area contributed by atoms with E-state index >= 15 is 0 Å². The first-order valence-electron chi connectivity index (χ1n) is 5.71. The van der Waals surface area contributed by atoms with Crippen molar-refractivity contribution >= 4 is 34.8 Å². The van der Waals surface area contributed by atoms with Gasteiger partial charge in [-0.05, 0) is 25.5 Å². The molecule has 0 bridgehead atoms. The Labute approximate surface area is 115 Å². The van der Waals surface area contributed by atoms with Crippen LogP contribution in [0.5, 0.6) is 0 Å². The van der Waals surface area contributed by atoms with Crippen LogP contribution in [0.1, 0.15) is 31.1 Å². The average Bonchev–Trinajstić information content (AvgIpc) is 2.73. The maximum atomic E-state index is 12.2. The first-order chi connectivity index (χ1) is 8.45. The van der Waals surface area contributed by atoms with Crippen LogP contribution in [-0.4, -0.2) is 35.0 Å². The van der Waals surface area contributed by atoms with E-state index in [4.69, 9.17) is 16.7 Å². The smallest absolute Gasteiger partial charge is 0.323 e. The second-order valence-corrected chi connectivity index (χ2v) is 5.76. The van der Waals surface area contributed by atoms with Gasteiger partial charge in [0.1, 0.15) is 6.54 Å². The van der Waals surface area contributed by atoms with E-state index in [-0.39, 0.29) is 18.4 Å². The molecule has 0 radical (unpaired) electrons. The molecular formula is C12H16ClNO3S. The van der Waals surface area contributed by atoms with Gasteiger partial charge in [0, 0.05) is 11.4 Å². The Kier molecular flexibility index (Phi) is 5.62. The van der Waals surface area contributed by atoms with Gasteiger partial charge in [-0.2, -0.15) is 0 Å². The predicted octanol–water partition coefficient (Wildman–Crippen LogP) is 2.83. The van der Waals surface area contributed by atoms with Crippen molar-refractivity contribution in [2.45, 2.75) is 26.2 Å². The third-order valence-electron chi connectivity index (χ3n) is 2.52. The lowest BCUT2D eigenvalue weighted by molar-refractivity contribution is -0.144. The van der Waals surface area contributed by atoms with Gasteiger partial charge < -0.3 is 10.0 Å². The fourth-order valence-corrected chi connectivity index (χ4v) is 2.76. The van der Waals surface area contributed by atoms with E-state index in [9.17, 15) is 9.59 Å². The molecule has 1 atom stereocenters. The SMILES string of the molecule is CCCN(CC(=O)O)C(=O)C(C)c1ccc(Cl)s1. The molecule has 0 spiro atoms. The van der Waals surface area contributed by atoms with Crippen molar-refractivity contribution < 1.29 is 14.7 Å². The summed E-state index contributed by atoms with van der Waals surface area (Å²) in [6, 6.07) is 3.55. The van der Waals surface area contributed by atoms with Crippen LogP contribution in [0, 0.1) is 0 Å². The Bertz CT molecular complexity index is 433. The Balaban J connectivity index is 2.78. The van der Waals surface area contributed by atoms with Gasteiger partial charge in [0.05, 0.1) is 10.3 Å². The first kappa shape index (κ1) is 15.0. The third-order valence-corrected chi connectivity index (χ3v) is 3.94. The second kappa shape index (κ2) is 6.75. The second-order valence-electron chi connectivity index (χ2n) is 4.02. The van der Waals surface area contributed by atoms with Crippen LogP contribution in [-0.2, 0) is 9.59 Å². The Morgan fingerprint density at radius 3 is 2.61 bits per heavy atom. The van der Waals surface area contributed by atoms with Gasteiger partial charge in [0.15, 0.2) is 0 Å². The van der Waals surface area contributed by atoms with Crippen molar-refractivity contribution in [1.82, 2.24) is 4.90 Å². The van der Waals surface area contributed by atoms with Gasteiger partial charge in [-0.15, -0.1) is 11.3 Å². The molecule has 4 nitrogen and oxygen atoms in total. The summed E-state index contributed by atoms with van der Waals surface area (Å²) < 4.78 is 0.630. The highest BCUT2D eigenvalue weighted by molar-refractivity contribution is 7.16. The quantitative estimate of drug-likeness (QED) is 0.876. The maximum absolute atomic E-state index is 12.2. The first-order valence-corrected chi connectivity index (χ1v) is 6.91. The number of rotatable bonds is 6. The minimum Gasteiger partial charge on any atom is -0.480 e. The van der Waals surface area contributed by atoms with Crippen LogP contribution in [0.4, 0.5) is 0 Å². The van der Waals surface area contributed by atoms with Crippen molar-refractivity contribution in [3.05, 3.63) is 21.3 Å². The predicted molar refractivity (Wildman–Crippen MR) is 72.3 cm³/mol. The number of nitrogens with zero attached hydrogens (tertiary/aromatic N) is 1. The molecular weight excluding hydrogens is 274 g/mol. The van der Waals surface area contributed by atoms with Crippen LogP contribution < -0.4 is 0 Å². The van der Waals surface area contributed by atoms with E-state index in [2.05, 4.69) is 0 Å². The zero-order valence-electron chi connectivity index (χ0n) is 10.4. The molecule has 1 heterocycles. The zero-order chi connectivity index (χ0) is 13.7. The molecule has 6 heteroatoms. The highest BCUT2D eigenvalue weighted by Crippen LogP contribution is 2.29. The van der Waals surface area contributed by atoms with Crippen molar-refractivity contribution in [3.63, 3.8) is 0 Å². The highest BCUT2D eigenvalue weighted by atomic mass is 35.5. The average molecular weight is 290 g/mol. The van der Waals surface area contributed by atoms with Crippen LogP contribution in [0.3, 0.4) is 0 Å². The summed E-state index contributed by atoms with van der Waals surface area (Å²) in [5.41, 5.74) is 0. The van der Waals surface area contributed by atoms with E-state index in [1.54, 1.807) is 19.1 Å². The molecule has 0 fully saturated rings. The number of carbonyl (C=O) groups is 2. The number of halogens is 1. The number of hydrogen-bond donors (Lipinski definition) is 1. The molecule has 100 valence electrons. The van der Waals surface area contributed by atoms with Crippen LogP contribution >= 0.6 is 22.9 Å². The Morgan fingerprint density at radius 1 is 1.50 bits per heavy atom. The summed E-state index contributed by atoms with van der Waals surface area (Å²) >= 11 is 7.18. The number of thiophene rings is 1. The largest absolute Gasteiger partial charge is 0.480 e. The number of hydrogen-bond acceptors (Lipinski definition) is 3. The number of carboxylic acid groups (broad SMARTS) is 1. The molecule has 1 aromatic rings. The van der Waals surface area contributed by atoms with Gasteiger partial charge in [0.2, 0.25) is 5.91 Å². The fourth-order valence-electron chi connectivity index (χ4n) is 1.66. The minimum absolute atomic E-state index is 0.169. The maximum Gasteiger partial charge on any atom is 0.323 e. The van der Waals surface area contributed by atoms with Crippen LogP contribution in [0.25, 0.3) is 0 Å². The van der Waals surface area contributed by atoms with Crippen LogP contribution in [0.15, 0.2) is 12.1 Å². The minimum atomic E-state index is -0.992. The van der Waals surface area contributed by atoms with Crippen molar-refractivity contribution in [2.75, 3.05) is 13.1 Å². The topological polar surface area (TPSA) is 57.6 Å². The number of aliphatic carboxylic acids is 1. The molecule has 1 rings (SSSR count). The lowest BCUT2D eigenvalue weighted by atomic mass is 10.1. The number of carbonyl (C=O) groups excluding carboxylic acids is 1. The summed E-state index contributed by atoms with van der Waals surface area (Å²) in [5.74, 6) is -1.51. The van der Waals surface area contributed by atoms with E-state index in [1.165, 1.54) is 16.2 Å². The zero-order valence-corrected chi connectivity index (χ0v) is 11.9. The van der Waals surface area contributed by atoms with Crippen molar-refractivity contribution in [1.29, 1.82) is 0 Å². The molecule has 1 unspecified atom stereocenters. The van der Waals surface area contributed by atoms with E-state index < -0.39 is 5.97 Å². The molecule has 1 amide bonds. The molecule has 0 aromatic carbocycles. The summed E-state index contributed by atoms with van der Waals surface area (Å²) in [4.78, 5) is 25.2. The molecule has 0 saturated carbocycles. The Hall–Kier alpha value is -1.07. The van der Waals surface area contributed by atoms with E-state index in [0.29, 0.717) is 10.9 Å². The fraction of sp³-hybridized carbons (Fsp3) is 0.500. The summed E-state index contributed by atoms with van der Waals surface area (Å²) in [6.45, 7) is 3.88.